The Morgan fingerprint density at radius 1 is 1.28 bits per heavy atom. The normalized spacial score (nSPS) is 23.4. The summed E-state index contributed by atoms with van der Waals surface area (Å²) >= 11 is 5.93. The van der Waals surface area contributed by atoms with Crippen LogP contribution in [0.15, 0.2) is 0 Å². The highest BCUT2D eigenvalue weighted by molar-refractivity contribution is 6.28. The highest BCUT2D eigenvalue weighted by Crippen LogP contribution is 2.30. The van der Waals surface area contributed by atoms with Crippen LogP contribution in [0.5, 0.6) is 6.01 Å². The van der Waals surface area contributed by atoms with E-state index in [9.17, 15) is 0 Å². The van der Waals surface area contributed by atoms with E-state index < -0.39 is 0 Å². The second-order valence-electron chi connectivity index (χ2n) is 4.52. The maximum Gasteiger partial charge on any atom is 0.322 e. The molecule has 0 amide bonds. The molecule has 6 heteroatoms. The molecule has 2 rings (SSSR count). The predicted molar refractivity (Wildman–Crippen MR) is 71.3 cm³/mol. The first kappa shape index (κ1) is 13.3. The van der Waals surface area contributed by atoms with Gasteiger partial charge in [-0.3, -0.25) is 0 Å². The Hall–Kier alpha value is -1.10. The maximum atomic E-state index is 5.93. The average Bonchev–Trinajstić information content (AvgIpc) is 2.70. The number of aromatic nitrogens is 3. The van der Waals surface area contributed by atoms with Crippen LogP contribution < -0.4 is 9.64 Å². The van der Waals surface area contributed by atoms with Crippen molar-refractivity contribution in [1.82, 2.24) is 15.0 Å². The Bertz CT molecular complexity index is 415. The largest absolute Gasteiger partial charge is 0.464 e. The summed E-state index contributed by atoms with van der Waals surface area (Å²) in [5.41, 5.74) is 0. The molecule has 2 unspecified atom stereocenters. The summed E-state index contributed by atoms with van der Waals surface area (Å²) in [6.07, 6.45) is 3.41. The quantitative estimate of drug-likeness (QED) is 0.842. The lowest BCUT2D eigenvalue weighted by Gasteiger charge is -2.27. The zero-order valence-electron chi connectivity index (χ0n) is 11.1. The fourth-order valence-electron chi connectivity index (χ4n) is 2.46. The van der Waals surface area contributed by atoms with Crippen LogP contribution in [0.3, 0.4) is 0 Å². The molecule has 0 bridgehead atoms. The molecule has 1 fully saturated rings. The number of rotatable bonds is 4. The van der Waals surface area contributed by atoms with Gasteiger partial charge in [-0.25, -0.2) is 0 Å². The first-order valence-corrected chi connectivity index (χ1v) is 6.86. The molecule has 0 N–H and O–H groups in total. The Labute approximate surface area is 113 Å². The van der Waals surface area contributed by atoms with Crippen LogP contribution >= 0.6 is 11.6 Å². The molecule has 100 valence electrons. The molecule has 0 saturated carbocycles. The van der Waals surface area contributed by atoms with E-state index in [1.165, 1.54) is 6.42 Å². The van der Waals surface area contributed by atoms with Gasteiger partial charge in [0, 0.05) is 12.1 Å². The van der Waals surface area contributed by atoms with E-state index in [0.29, 0.717) is 30.6 Å². The second-order valence-corrected chi connectivity index (χ2v) is 4.85. The Balaban J connectivity index is 2.31. The average molecular weight is 271 g/mol. The van der Waals surface area contributed by atoms with Crippen molar-refractivity contribution in [3.05, 3.63) is 5.28 Å². The van der Waals surface area contributed by atoms with E-state index in [1.807, 2.05) is 6.92 Å². The molecular weight excluding hydrogens is 252 g/mol. The topological polar surface area (TPSA) is 51.1 Å². The number of nitrogens with zero attached hydrogens (tertiary/aromatic N) is 4. The van der Waals surface area contributed by atoms with Gasteiger partial charge in [-0.1, -0.05) is 6.92 Å². The fourth-order valence-corrected chi connectivity index (χ4v) is 2.61. The van der Waals surface area contributed by atoms with Crippen molar-refractivity contribution in [3.8, 4) is 6.01 Å². The minimum atomic E-state index is 0.192. The summed E-state index contributed by atoms with van der Waals surface area (Å²) in [7, 11) is 0. The third-order valence-corrected chi connectivity index (χ3v) is 3.51. The molecule has 0 aliphatic carbocycles. The van der Waals surface area contributed by atoms with Crippen LogP contribution in [0.4, 0.5) is 5.95 Å². The van der Waals surface area contributed by atoms with E-state index in [-0.39, 0.29) is 5.28 Å². The first-order chi connectivity index (χ1) is 8.65. The number of halogens is 1. The number of anilines is 1. The minimum absolute atomic E-state index is 0.192. The smallest absolute Gasteiger partial charge is 0.322 e. The summed E-state index contributed by atoms with van der Waals surface area (Å²) in [5.74, 6) is 0.635. The molecule has 0 aromatic carbocycles. The third kappa shape index (κ3) is 2.66. The van der Waals surface area contributed by atoms with Crippen molar-refractivity contribution in [3.63, 3.8) is 0 Å². The van der Waals surface area contributed by atoms with Gasteiger partial charge in [-0.15, -0.1) is 0 Å². The highest BCUT2D eigenvalue weighted by atomic mass is 35.5. The van der Waals surface area contributed by atoms with Gasteiger partial charge >= 0.3 is 6.01 Å². The van der Waals surface area contributed by atoms with Crippen LogP contribution in [-0.4, -0.2) is 33.6 Å². The van der Waals surface area contributed by atoms with E-state index in [1.54, 1.807) is 0 Å². The second kappa shape index (κ2) is 5.69. The van der Waals surface area contributed by atoms with Crippen LogP contribution in [0.2, 0.25) is 5.28 Å². The van der Waals surface area contributed by atoms with E-state index in [4.69, 9.17) is 16.3 Å². The molecule has 2 heterocycles. The summed E-state index contributed by atoms with van der Waals surface area (Å²) in [6.45, 7) is 6.78. The lowest BCUT2D eigenvalue weighted by atomic mass is 10.2. The van der Waals surface area contributed by atoms with Crippen LogP contribution in [0.1, 0.15) is 40.0 Å². The van der Waals surface area contributed by atoms with Crippen molar-refractivity contribution in [1.29, 1.82) is 0 Å². The van der Waals surface area contributed by atoms with Crippen LogP contribution in [-0.2, 0) is 0 Å². The van der Waals surface area contributed by atoms with Gasteiger partial charge in [0.2, 0.25) is 11.2 Å². The van der Waals surface area contributed by atoms with Crippen molar-refractivity contribution in [2.45, 2.75) is 52.1 Å². The van der Waals surface area contributed by atoms with Crippen LogP contribution in [0, 0.1) is 0 Å². The van der Waals surface area contributed by atoms with Gasteiger partial charge < -0.3 is 9.64 Å². The zero-order valence-corrected chi connectivity index (χ0v) is 11.8. The standard InChI is InChI=1S/C12H19ClN4O/c1-4-9-7-6-8(3)17(9)11-14-10(13)15-12(16-11)18-5-2/h8-9H,4-7H2,1-3H3. The first-order valence-electron chi connectivity index (χ1n) is 6.48. The molecule has 1 aromatic heterocycles. The molecule has 18 heavy (non-hydrogen) atoms. The Morgan fingerprint density at radius 3 is 2.72 bits per heavy atom. The van der Waals surface area contributed by atoms with Gasteiger partial charge in [0.05, 0.1) is 6.61 Å². The molecule has 2 atom stereocenters. The van der Waals surface area contributed by atoms with Crippen molar-refractivity contribution < 1.29 is 4.74 Å². The van der Waals surface area contributed by atoms with E-state index in [2.05, 4.69) is 33.7 Å². The third-order valence-electron chi connectivity index (χ3n) is 3.34. The Morgan fingerprint density at radius 2 is 2.06 bits per heavy atom. The zero-order chi connectivity index (χ0) is 13.1. The molecule has 1 aliphatic heterocycles. The summed E-state index contributed by atoms with van der Waals surface area (Å²) in [5, 5.41) is 0.192. The molecular formula is C12H19ClN4O. The van der Waals surface area contributed by atoms with E-state index in [0.717, 1.165) is 12.8 Å². The van der Waals surface area contributed by atoms with Gasteiger partial charge in [-0.2, -0.15) is 15.0 Å². The highest BCUT2D eigenvalue weighted by Gasteiger charge is 2.31. The maximum absolute atomic E-state index is 5.93. The molecule has 1 saturated heterocycles. The summed E-state index contributed by atoms with van der Waals surface area (Å²) in [6, 6.07) is 1.22. The van der Waals surface area contributed by atoms with Crippen molar-refractivity contribution >= 4 is 17.5 Å². The molecule has 0 radical (unpaired) electrons. The molecule has 0 spiro atoms. The van der Waals surface area contributed by atoms with Gasteiger partial charge in [0.1, 0.15) is 0 Å². The van der Waals surface area contributed by atoms with Crippen molar-refractivity contribution in [2.24, 2.45) is 0 Å². The minimum Gasteiger partial charge on any atom is -0.464 e. The molecule has 1 aliphatic rings. The summed E-state index contributed by atoms with van der Waals surface area (Å²) < 4.78 is 5.32. The molecule has 5 nitrogen and oxygen atoms in total. The van der Waals surface area contributed by atoms with E-state index >= 15 is 0 Å². The Kier molecular flexibility index (Phi) is 4.22. The number of hydrogen-bond donors (Lipinski definition) is 0. The lowest BCUT2D eigenvalue weighted by Crippen LogP contribution is -2.35. The number of hydrogen-bond acceptors (Lipinski definition) is 5. The van der Waals surface area contributed by atoms with Gasteiger partial charge in [0.25, 0.3) is 0 Å². The summed E-state index contributed by atoms with van der Waals surface area (Å²) in [4.78, 5) is 14.8. The predicted octanol–water partition coefficient (Wildman–Crippen LogP) is 2.69. The van der Waals surface area contributed by atoms with Gasteiger partial charge in [0.15, 0.2) is 0 Å². The number of ether oxygens (including phenoxy) is 1. The van der Waals surface area contributed by atoms with Gasteiger partial charge in [-0.05, 0) is 44.7 Å². The molecule has 1 aromatic rings. The fraction of sp³-hybridized carbons (Fsp3) is 0.750. The SMILES string of the molecule is CCOc1nc(Cl)nc(N2C(C)CCC2CC)n1. The monoisotopic (exact) mass is 270 g/mol. The lowest BCUT2D eigenvalue weighted by molar-refractivity contribution is 0.311. The van der Waals surface area contributed by atoms with Crippen LogP contribution in [0.25, 0.3) is 0 Å². The van der Waals surface area contributed by atoms with Crippen molar-refractivity contribution in [2.75, 3.05) is 11.5 Å².